The molecule has 0 radical (unpaired) electrons. The van der Waals surface area contributed by atoms with Gasteiger partial charge in [-0.05, 0) is 0 Å². The Morgan fingerprint density at radius 1 is 1.00 bits per heavy atom. The molecule has 34 valence electrons. The standard InChI is InChI=1S/CHF3.ClH/c2-1(3)4;/h1H;1H. The van der Waals surface area contributed by atoms with E-state index in [0.717, 1.165) is 0 Å². The zero-order valence-corrected chi connectivity index (χ0v) is 2.94. The lowest BCUT2D eigenvalue weighted by atomic mass is 11.6. The molecule has 0 heterocycles. The highest BCUT2D eigenvalue weighted by Gasteiger charge is 1.86. The zero-order chi connectivity index (χ0) is 3.58. The minimum atomic E-state index is -3.67. The van der Waals surface area contributed by atoms with Crippen molar-refractivity contribution in [1.82, 2.24) is 0 Å². The Labute approximate surface area is 33.4 Å². The number of alkyl halides is 3. The summed E-state index contributed by atoms with van der Waals surface area (Å²) in [5.41, 5.74) is 0. The van der Waals surface area contributed by atoms with Crippen LogP contribution in [0.3, 0.4) is 0 Å². The van der Waals surface area contributed by atoms with Gasteiger partial charge in [-0.2, -0.15) is 13.2 Å². The molecule has 0 atom stereocenters. The van der Waals surface area contributed by atoms with Crippen LogP contribution in [0.25, 0.3) is 0 Å². The van der Waals surface area contributed by atoms with Gasteiger partial charge in [0.15, 0.2) is 0 Å². The molecule has 0 saturated carbocycles. The summed E-state index contributed by atoms with van der Waals surface area (Å²) in [5, 5.41) is 0. The lowest BCUT2D eigenvalue weighted by Gasteiger charge is -1.65. The fourth-order valence-corrected chi connectivity index (χ4v) is 0. The van der Waals surface area contributed by atoms with E-state index >= 15 is 0 Å². The van der Waals surface area contributed by atoms with E-state index in [0.29, 0.717) is 0 Å². The topological polar surface area (TPSA) is 0 Å². The summed E-state index contributed by atoms with van der Waals surface area (Å²) in [6.45, 7) is -3.67. The molecule has 0 aromatic carbocycles. The van der Waals surface area contributed by atoms with E-state index in [1.807, 2.05) is 0 Å². The van der Waals surface area contributed by atoms with E-state index in [9.17, 15) is 13.2 Å². The molecule has 0 nitrogen and oxygen atoms in total. The highest BCUT2D eigenvalue weighted by atomic mass is 35.5. The van der Waals surface area contributed by atoms with Crippen molar-refractivity contribution in [3.8, 4) is 0 Å². The molecule has 5 heavy (non-hydrogen) atoms. The number of hydrogen-bond acceptors (Lipinski definition) is 0. The van der Waals surface area contributed by atoms with Gasteiger partial charge >= 0.3 is 6.68 Å². The first-order valence-electron chi connectivity index (χ1n) is 0.655. The van der Waals surface area contributed by atoms with E-state index < -0.39 is 6.68 Å². The van der Waals surface area contributed by atoms with Crippen molar-refractivity contribution >= 4 is 12.4 Å². The van der Waals surface area contributed by atoms with Crippen molar-refractivity contribution in [3.63, 3.8) is 0 Å². The average Bonchev–Trinajstić information content (AvgIpc) is 0.811. The van der Waals surface area contributed by atoms with E-state index in [2.05, 4.69) is 0 Å². The molecule has 0 aliphatic carbocycles. The van der Waals surface area contributed by atoms with Gasteiger partial charge in [-0.1, -0.05) is 0 Å². The predicted octanol–water partition coefficient (Wildman–Crippen LogP) is 1.60. The fraction of sp³-hybridized carbons (Fsp3) is 1.00. The summed E-state index contributed by atoms with van der Waals surface area (Å²) in [6, 6.07) is 0. The Balaban J connectivity index is 0. The third-order valence-corrected chi connectivity index (χ3v) is 0. The molecule has 0 spiro atoms. The largest absolute Gasteiger partial charge is 0.379 e. The van der Waals surface area contributed by atoms with E-state index in [-0.39, 0.29) is 12.4 Å². The molecule has 4 heteroatoms. The van der Waals surface area contributed by atoms with Crippen molar-refractivity contribution in [2.45, 2.75) is 6.68 Å². The van der Waals surface area contributed by atoms with E-state index in [1.165, 1.54) is 0 Å². The predicted molar refractivity (Wildman–Crippen MR) is 14.4 cm³/mol. The van der Waals surface area contributed by atoms with Crippen molar-refractivity contribution in [2.75, 3.05) is 0 Å². The first-order valence-corrected chi connectivity index (χ1v) is 0.655. The van der Waals surface area contributed by atoms with Gasteiger partial charge in [0.05, 0.1) is 0 Å². The summed E-state index contributed by atoms with van der Waals surface area (Å²) in [7, 11) is 0. The van der Waals surface area contributed by atoms with Crippen molar-refractivity contribution < 1.29 is 13.2 Å². The zero-order valence-electron chi connectivity index (χ0n) is 2.12. The van der Waals surface area contributed by atoms with Gasteiger partial charge in [0, 0.05) is 0 Å². The first kappa shape index (κ1) is 8.91. The van der Waals surface area contributed by atoms with Crippen LogP contribution < -0.4 is 0 Å². The van der Waals surface area contributed by atoms with Gasteiger partial charge in [0.2, 0.25) is 0 Å². The van der Waals surface area contributed by atoms with Crippen LogP contribution in [0.2, 0.25) is 0 Å². The quantitative estimate of drug-likeness (QED) is 0.440. The van der Waals surface area contributed by atoms with Crippen LogP contribution in [0, 0.1) is 0 Å². The lowest BCUT2D eigenvalue weighted by Crippen LogP contribution is -1.65. The van der Waals surface area contributed by atoms with Crippen LogP contribution in [-0.2, 0) is 0 Å². The maximum Gasteiger partial charge on any atom is 0.379 e. The number of hydrogen-bond donors (Lipinski definition) is 0. The van der Waals surface area contributed by atoms with Crippen LogP contribution in [-0.4, -0.2) is 6.68 Å². The van der Waals surface area contributed by atoms with E-state index in [1.54, 1.807) is 0 Å². The van der Waals surface area contributed by atoms with Gasteiger partial charge in [-0.25, -0.2) is 0 Å². The molecule has 0 unspecified atom stereocenters. The molecule has 0 bridgehead atoms. The summed E-state index contributed by atoms with van der Waals surface area (Å²) in [5.74, 6) is 0. The molecule has 0 amide bonds. The third-order valence-electron chi connectivity index (χ3n) is 0. The van der Waals surface area contributed by atoms with E-state index in [4.69, 9.17) is 0 Å². The van der Waals surface area contributed by atoms with Gasteiger partial charge in [-0.3, -0.25) is 0 Å². The van der Waals surface area contributed by atoms with Crippen molar-refractivity contribution in [2.24, 2.45) is 0 Å². The molecule has 0 aromatic rings. The lowest BCUT2D eigenvalue weighted by molar-refractivity contribution is 0.00819. The summed E-state index contributed by atoms with van der Waals surface area (Å²) in [4.78, 5) is 0. The Hall–Kier alpha value is 0.0800. The van der Waals surface area contributed by atoms with Crippen molar-refractivity contribution in [1.29, 1.82) is 0 Å². The first-order chi connectivity index (χ1) is 1.73. The number of halogens is 4. The molecule has 0 fully saturated rings. The van der Waals surface area contributed by atoms with Gasteiger partial charge in [0.1, 0.15) is 0 Å². The summed E-state index contributed by atoms with van der Waals surface area (Å²) < 4.78 is 29.0. The number of rotatable bonds is 0. The monoisotopic (exact) mass is 106 g/mol. The maximum absolute atomic E-state index is 9.67. The maximum atomic E-state index is 9.67. The average molecular weight is 106 g/mol. The third kappa shape index (κ3) is 2760. The fourth-order valence-electron chi connectivity index (χ4n) is 0. The second kappa shape index (κ2) is 4.08. The van der Waals surface area contributed by atoms with Crippen LogP contribution in [0.4, 0.5) is 13.2 Å². The molecule has 0 aliphatic heterocycles. The van der Waals surface area contributed by atoms with Crippen LogP contribution >= 0.6 is 12.4 Å². The molecule has 0 N–H and O–H groups in total. The highest BCUT2D eigenvalue weighted by molar-refractivity contribution is 5.85. The Bertz CT molecular complexity index is 11.6. The summed E-state index contributed by atoms with van der Waals surface area (Å²) >= 11 is 0. The summed E-state index contributed by atoms with van der Waals surface area (Å²) in [6.07, 6.45) is 0. The van der Waals surface area contributed by atoms with Gasteiger partial charge < -0.3 is 0 Å². The van der Waals surface area contributed by atoms with Gasteiger partial charge in [-0.15, -0.1) is 12.4 Å². The smallest absolute Gasteiger partial charge is 0.174 e. The molecular formula is CH2ClF3. The van der Waals surface area contributed by atoms with Gasteiger partial charge in [0.25, 0.3) is 0 Å². The van der Waals surface area contributed by atoms with Crippen LogP contribution in [0.5, 0.6) is 0 Å². The normalized spacial score (nSPS) is 7.20. The Kier molecular flexibility index (Phi) is 7.27. The Morgan fingerprint density at radius 2 is 1.00 bits per heavy atom. The van der Waals surface area contributed by atoms with Crippen molar-refractivity contribution in [3.05, 3.63) is 0 Å². The highest BCUT2D eigenvalue weighted by Crippen LogP contribution is 1.87. The molecule has 0 rings (SSSR count). The molecule has 0 aliphatic rings. The second-order valence-electron chi connectivity index (χ2n) is 0.247. The Morgan fingerprint density at radius 3 is 1.00 bits per heavy atom. The van der Waals surface area contributed by atoms with Crippen LogP contribution in [0.1, 0.15) is 0 Å². The molecular weight excluding hydrogens is 104 g/mol. The minimum absolute atomic E-state index is 0. The molecule has 0 aromatic heterocycles. The molecule has 0 saturated heterocycles. The SMILES string of the molecule is Cl.FC(F)F. The second-order valence-corrected chi connectivity index (χ2v) is 0.247. The van der Waals surface area contributed by atoms with Crippen LogP contribution in [0.15, 0.2) is 0 Å². The minimum Gasteiger partial charge on any atom is -0.174 e.